The number of benzene rings is 1. The Morgan fingerprint density at radius 2 is 2.00 bits per heavy atom. The van der Waals surface area contributed by atoms with Gasteiger partial charge in [-0.15, -0.1) is 0 Å². The third-order valence-corrected chi connectivity index (χ3v) is 5.58. The van der Waals surface area contributed by atoms with Gasteiger partial charge in [0.2, 0.25) is 0 Å². The van der Waals surface area contributed by atoms with Gasteiger partial charge in [-0.2, -0.15) is 0 Å². The Balaban J connectivity index is 2.49. The van der Waals surface area contributed by atoms with E-state index in [4.69, 9.17) is 0 Å². The molecule has 2 rings (SSSR count). The van der Waals surface area contributed by atoms with Crippen molar-refractivity contribution in [1.82, 2.24) is 0 Å². The second kappa shape index (κ2) is 3.73. The molecule has 3 heteroatoms. The van der Waals surface area contributed by atoms with E-state index in [1.54, 1.807) is 4.46 Å². The first-order chi connectivity index (χ1) is 7.00. The fourth-order valence-electron chi connectivity index (χ4n) is 1.97. The summed E-state index contributed by atoms with van der Waals surface area (Å²) in [5, 5.41) is 0. The number of hydrogen-bond donors (Lipinski definition) is 0. The molecule has 0 saturated carbocycles. The first kappa shape index (κ1) is 10.8. The Kier molecular flexibility index (Phi) is 2.70. The average Bonchev–Trinajstić information content (AvgIpc) is 2.43. The molecule has 1 aromatic carbocycles. The average molecular weight is 269 g/mol. The zero-order chi connectivity index (χ0) is 11.2. The molecule has 15 heavy (non-hydrogen) atoms. The number of anilines is 2. The van der Waals surface area contributed by atoms with E-state index < -0.39 is 0 Å². The van der Waals surface area contributed by atoms with Gasteiger partial charge in [-0.3, -0.25) is 0 Å². The van der Waals surface area contributed by atoms with Crippen LogP contribution in [0.2, 0.25) is 0 Å². The van der Waals surface area contributed by atoms with Crippen molar-refractivity contribution in [1.29, 1.82) is 0 Å². The molecule has 0 radical (unpaired) electrons. The summed E-state index contributed by atoms with van der Waals surface area (Å²) in [4.78, 5) is 5.31. The molecule has 0 aromatic heterocycles. The third-order valence-electron chi connectivity index (χ3n) is 2.98. The number of aryl methyl sites for hydroxylation is 1. The predicted octanol–water partition coefficient (Wildman–Crippen LogP) is 1.19. The van der Waals surface area contributed by atoms with Crippen molar-refractivity contribution in [2.75, 3.05) is 30.9 Å². The van der Waals surface area contributed by atoms with Crippen LogP contribution in [-0.2, 0) is 0 Å². The molecule has 0 spiro atoms. The van der Waals surface area contributed by atoms with Crippen LogP contribution < -0.4 is 14.3 Å². The zero-order valence-electron chi connectivity index (χ0n) is 10.0. The van der Waals surface area contributed by atoms with Crippen LogP contribution in [0.5, 0.6) is 0 Å². The Labute approximate surface area is 98.4 Å². The quantitative estimate of drug-likeness (QED) is 0.707. The SMILES string of the molecule is Cc1cc2c(cc1N(C)C)[Se]C(C)N2C. The summed E-state index contributed by atoms with van der Waals surface area (Å²) in [6, 6.07) is 4.70. The monoisotopic (exact) mass is 270 g/mol. The number of nitrogens with zero attached hydrogens (tertiary/aromatic N) is 2. The molecular formula is C12H18N2Se. The molecular weight excluding hydrogens is 251 g/mol. The number of rotatable bonds is 1. The fourth-order valence-corrected chi connectivity index (χ4v) is 4.37. The Morgan fingerprint density at radius 1 is 1.33 bits per heavy atom. The van der Waals surface area contributed by atoms with E-state index in [2.05, 4.69) is 56.9 Å². The maximum atomic E-state index is 2.40. The standard InChI is InChI=1S/C12H18N2Se/c1-8-6-11-12(7-10(8)13(3)4)15-9(2)14(11)5/h6-7,9H,1-5H3. The van der Waals surface area contributed by atoms with Crippen LogP contribution in [0, 0.1) is 6.92 Å². The normalized spacial score (nSPS) is 19.3. The minimum atomic E-state index is 0.600. The van der Waals surface area contributed by atoms with Gasteiger partial charge in [0.1, 0.15) is 0 Å². The van der Waals surface area contributed by atoms with Crippen molar-refractivity contribution in [2.45, 2.75) is 18.8 Å². The van der Waals surface area contributed by atoms with Crippen LogP contribution in [0.3, 0.4) is 0 Å². The first-order valence-electron chi connectivity index (χ1n) is 5.22. The van der Waals surface area contributed by atoms with E-state index in [0.717, 1.165) is 0 Å². The number of fused-ring (bicyclic) bond motifs is 1. The summed E-state index contributed by atoms with van der Waals surface area (Å²) >= 11 is 0.600. The van der Waals surface area contributed by atoms with Crippen molar-refractivity contribution < 1.29 is 0 Å². The summed E-state index contributed by atoms with van der Waals surface area (Å²) in [5.41, 5.74) is 4.17. The molecule has 0 N–H and O–H groups in total. The van der Waals surface area contributed by atoms with E-state index in [1.165, 1.54) is 16.9 Å². The molecule has 0 amide bonds. The second-order valence-corrected chi connectivity index (χ2v) is 7.18. The van der Waals surface area contributed by atoms with Crippen LogP contribution in [0.25, 0.3) is 0 Å². The third kappa shape index (κ3) is 1.75. The molecule has 0 fully saturated rings. The minimum absolute atomic E-state index is 0.600. The summed E-state index contributed by atoms with van der Waals surface area (Å²) < 4.78 is 1.55. The van der Waals surface area contributed by atoms with Crippen LogP contribution in [0.15, 0.2) is 12.1 Å². The summed E-state index contributed by atoms with van der Waals surface area (Å²) in [6.45, 7) is 4.50. The molecule has 1 atom stereocenters. The van der Waals surface area contributed by atoms with E-state index in [0.29, 0.717) is 19.9 Å². The molecule has 1 aromatic rings. The molecule has 1 unspecified atom stereocenters. The Morgan fingerprint density at radius 3 is 2.60 bits per heavy atom. The molecule has 82 valence electrons. The van der Waals surface area contributed by atoms with E-state index in [-0.39, 0.29) is 0 Å². The van der Waals surface area contributed by atoms with Gasteiger partial charge in [0.15, 0.2) is 0 Å². The van der Waals surface area contributed by atoms with Gasteiger partial charge in [0.05, 0.1) is 0 Å². The van der Waals surface area contributed by atoms with E-state index >= 15 is 0 Å². The molecule has 2 nitrogen and oxygen atoms in total. The van der Waals surface area contributed by atoms with Gasteiger partial charge in [-0.25, -0.2) is 0 Å². The summed E-state index contributed by atoms with van der Waals surface area (Å²) in [7, 11) is 6.43. The summed E-state index contributed by atoms with van der Waals surface area (Å²) in [5.74, 6) is 0. The van der Waals surface area contributed by atoms with Crippen LogP contribution in [0.4, 0.5) is 11.4 Å². The van der Waals surface area contributed by atoms with Crippen molar-refractivity contribution in [2.24, 2.45) is 0 Å². The van der Waals surface area contributed by atoms with E-state index in [1.807, 2.05) is 0 Å². The molecule has 1 aliphatic rings. The van der Waals surface area contributed by atoms with Crippen molar-refractivity contribution >= 4 is 30.8 Å². The van der Waals surface area contributed by atoms with Gasteiger partial charge in [0, 0.05) is 0 Å². The molecule has 1 heterocycles. The van der Waals surface area contributed by atoms with Gasteiger partial charge in [0.25, 0.3) is 0 Å². The topological polar surface area (TPSA) is 6.48 Å². The van der Waals surface area contributed by atoms with Gasteiger partial charge in [-0.1, -0.05) is 0 Å². The first-order valence-corrected chi connectivity index (χ1v) is 7.06. The van der Waals surface area contributed by atoms with E-state index in [9.17, 15) is 0 Å². The summed E-state index contributed by atoms with van der Waals surface area (Å²) in [6.07, 6.45) is 0. The second-order valence-electron chi connectivity index (χ2n) is 4.33. The molecule has 0 bridgehead atoms. The van der Waals surface area contributed by atoms with Crippen LogP contribution in [-0.4, -0.2) is 41.0 Å². The fraction of sp³-hybridized carbons (Fsp3) is 0.500. The van der Waals surface area contributed by atoms with Gasteiger partial charge >= 0.3 is 98.2 Å². The van der Waals surface area contributed by atoms with Crippen LogP contribution in [0.1, 0.15) is 12.5 Å². The van der Waals surface area contributed by atoms with Gasteiger partial charge < -0.3 is 0 Å². The van der Waals surface area contributed by atoms with Crippen molar-refractivity contribution in [3.8, 4) is 0 Å². The predicted molar refractivity (Wildman–Crippen MR) is 68.8 cm³/mol. The maximum absolute atomic E-state index is 2.40. The van der Waals surface area contributed by atoms with Gasteiger partial charge in [-0.05, 0) is 0 Å². The number of hydrogen-bond acceptors (Lipinski definition) is 2. The Hall–Kier alpha value is -0.661. The zero-order valence-corrected chi connectivity index (χ0v) is 11.7. The Bertz CT molecular complexity index is 387. The molecule has 0 saturated heterocycles. The van der Waals surface area contributed by atoms with Crippen molar-refractivity contribution in [3.05, 3.63) is 17.7 Å². The van der Waals surface area contributed by atoms with Crippen molar-refractivity contribution in [3.63, 3.8) is 0 Å². The molecule has 0 aliphatic carbocycles. The van der Waals surface area contributed by atoms with Crippen LogP contribution >= 0.6 is 0 Å². The molecule has 1 aliphatic heterocycles.